The highest BCUT2D eigenvalue weighted by Gasteiger charge is 2.52. The number of carbonyl (C=O) groups is 2. The van der Waals surface area contributed by atoms with Gasteiger partial charge in [0.2, 0.25) is 0 Å². The molecule has 0 aromatic rings. The molecule has 0 saturated carbocycles. The van der Waals surface area contributed by atoms with Gasteiger partial charge < -0.3 is 18.9 Å². The van der Waals surface area contributed by atoms with E-state index in [1.807, 2.05) is 6.92 Å². The molecule has 2 saturated heterocycles. The van der Waals surface area contributed by atoms with Gasteiger partial charge in [-0.3, -0.25) is 9.59 Å². The van der Waals surface area contributed by atoms with E-state index in [-0.39, 0.29) is 12.0 Å². The normalized spacial score (nSPS) is 39.8. The third-order valence-electron chi connectivity index (χ3n) is 2.98. The molecule has 6 nitrogen and oxygen atoms in total. The zero-order chi connectivity index (χ0) is 12.6. The van der Waals surface area contributed by atoms with E-state index in [4.69, 9.17) is 18.9 Å². The zero-order valence-corrected chi connectivity index (χ0v) is 10.0. The van der Waals surface area contributed by atoms with E-state index in [2.05, 4.69) is 0 Å². The van der Waals surface area contributed by atoms with Crippen molar-refractivity contribution < 1.29 is 28.5 Å². The highest BCUT2D eigenvalue weighted by Crippen LogP contribution is 2.35. The van der Waals surface area contributed by atoms with Gasteiger partial charge in [-0.05, 0) is 0 Å². The van der Waals surface area contributed by atoms with Crippen LogP contribution in [0.15, 0.2) is 0 Å². The fourth-order valence-electron chi connectivity index (χ4n) is 2.25. The number of fused-ring (bicyclic) bond motifs is 2. The van der Waals surface area contributed by atoms with E-state index in [1.165, 1.54) is 13.8 Å². The number of rotatable bonds is 2. The second-order valence-corrected chi connectivity index (χ2v) is 4.38. The summed E-state index contributed by atoms with van der Waals surface area (Å²) in [5.41, 5.74) is 0. The van der Waals surface area contributed by atoms with Gasteiger partial charge in [-0.1, -0.05) is 6.92 Å². The zero-order valence-electron chi connectivity index (χ0n) is 10.0. The summed E-state index contributed by atoms with van der Waals surface area (Å²) in [6.07, 6.45) is -1.85. The summed E-state index contributed by atoms with van der Waals surface area (Å²) in [5, 5.41) is 0. The van der Waals surface area contributed by atoms with Crippen LogP contribution >= 0.6 is 0 Å². The highest BCUT2D eigenvalue weighted by atomic mass is 16.7. The van der Waals surface area contributed by atoms with Crippen LogP contribution in [0, 0.1) is 5.92 Å². The number of hydrogen-bond donors (Lipinski definition) is 0. The molecule has 0 radical (unpaired) electrons. The Kier molecular flexibility index (Phi) is 3.35. The molecule has 0 spiro atoms. The van der Waals surface area contributed by atoms with Crippen LogP contribution in [0.5, 0.6) is 0 Å². The third kappa shape index (κ3) is 2.42. The first kappa shape index (κ1) is 12.3. The van der Waals surface area contributed by atoms with Crippen molar-refractivity contribution in [1.29, 1.82) is 0 Å². The molecule has 0 aliphatic carbocycles. The van der Waals surface area contributed by atoms with E-state index in [1.54, 1.807) is 0 Å². The van der Waals surface area contributed by atoms with Crippen LogP contribution in [-0.2, 0) is 28.5 Å². The van der Waals surface area contributed by atoms with Crippen molar-refractivity contribution in [3.8, 4) is 0 Å². The van der Waals surface area contributed by atoms with Crippen molar-refractivity contribution >= 4 is 11.9 Å². The van der Waals surface area contributed by atoms with Crippen LogP contribution in [0.4, 0.5) is 0 Å². The van der Waals surface area contributed by atoms with E-state index in [0.717, 1.165) is 0 Å². The second-order valence-electron chi connectivity index (χ2n) is 4.38. The van der Waals surface area contributed by atoms with Crippen molar-refractivity contribution in [3.05, 3.63) is 0 Å². The second kappa shape index (κ2) is 4.62. The summed E-state index contributed by atoms with van der Waals surface area (Å²) < 4.78 is 21.4. The molecule has 2 heterocycles. The first-order valence-corrected chi connectivity index (χ1v) is 5.60. The smallest absolute Gasteiger partial charge is 0.303 e. The van der Waals surface area contributed by atoms with Crippen LogP contribution in [-0.4, -0.2) is 43.1 Å². The lowest BCUT2D eigenvalue weighted by Crippen LogP contribution is -2.53. The van der Waals surface area contributed by atoms with E-state index in [9.17, 15) is 9.59 Å². The maximum atomic E-state index is 11.1. The summed E-state index contributed by atoms with van der Waals surface area (Å²) in [6.45, 7) is 4.84. The SMILES string of the molecule is CC(=O)OC1C2COC(O2)C(C)C1OC(C)=O. The van der Waals surface area contributed by atoms with Gasteiger partial charge in [0.15, 0.2) is 12.4 Å². The van der Waals surface area contributed by atoms with Crippen LogP contribution in [0.25, 0.3) is 0 Å². The molecule has 2 aliphatic heterocycles. The Morgan fingerprint density at radius 1 is 1.12 bits per heavy atom. The van der Waals surface area contributed by atoms with E-state index in [0.29, 0.717) is 6.61 Å². The van der Waals surface area contributed by atoms with Crippen molar-refractivity contribution in [3.63, 3.8) is 0 Å². The molecule has 2 rings (SSSR count). The Morgan fingerprint density at radius 2 is 1.71 bits per heavy atom. The third-order valence-corrected chi connectivity index (χ3v) is 2.98. The molecule has 96 valence electrons. The van der Waals surface area contributed by atoms with Gasteiger partial charge >= 0.3 is 11.9 Å². The average Bonchev–Trinajstić information content (AvgIpc) is 2.65. The number of hydrogen-bond acceptors (Lipinski definition) is 6. The largest absolute Gasteiger partial charge is 0.458 e. The molecule has 6 heteroatoms. The Balaban J connectivity index is 2.16. The topological polar surface area (TPSA) is 71.1 Å². The number of esters is 2. The lowest BCUT2D eigenvalue weighted by molar-refractivity contribution is -0.222. The number of carbonyl (C=O) groups excluding carboxylic acids is 2. The summed E-state index contributed by atoms with van der Waals surface area (Å²) >= 11 is 0. The minimum Gasteiger partial charge on any atom is -0.458 e. The van der Waals surface area contributed by atoms with Crippen molar-refractivity contribution in [1.82, 2.24) is 0 Å². The standard InChI is InChI=1S/C11H16O6/c1-5-9(15-6(2)12)10(16-7(3)13)8-4-14-11(5)17-8/h5,8-11H,4H2,1-3H3. The van der Waals surface area contributed by atoms with Gasteiger partial charge in [-0.2, -0.15) is 0 Å². The summed E-state index contributed by atoms with van der Waals surface area (Å²) in [5.74, 6) is -0.990. The minimum absolute atomic E-state index is 0.165. The predicted octanol–water partition coefficient (Wildman–Crippen LogP) is 0.241. The van der Waals surface area contributed by atoms with E-state index < -0.39 is 30.4 Å². The van der Waals surface area contributed by atoms with Gasteiger partial charge in [0, 0.05) is 19.8 Å². The summed E-state index contributed by atoms with van der Waals surface area (Å²) in [7, 11) is 0. The van der Waals surface area contributed by atoms with Gasteiger partial charge in [-0.15, -0.1) is 0 Å². The first-order chi connectivity index (χ1) is 7.99. The monoisotopic (exact) mass is 244 g/mol. The van der Waals surface area contributed by atoms with Crippen molar-refractivity contribution in [2.45, 2.75) is 45.4 Å². The van der Waals surface area contributed by atoms with Crippen LogP contribution in [0.3, 0.4) is 0 Å². The van der Waals surface area contributed by atoms with Crippen LogP contribution in [0.2, 0.25) is 0 Å². The molecular weight excluding hydrogens is 228 g/mol. The molecule has 5 unspecified atom stereocenters. The predicted molar refractivity (Wildman–Crippen MR) is 54.9 cm³/mol. The van der Waals surface area contributed by atoms with Gasteiger partial charge in [-0.25, -0.2) is 0 Å². The van der Waals surface area contributed by atoms with Gasteiger partial charge in [0.25, 0.3) is 0 Å². The lowest BCUT2D eigenvalue weighted by Gasteiger charge is -2.37. The molecule has 0 N–H and O–H groups in total. The Bertz CT molecular complexity index is 312. The fraction of sp³-hybridized carbons (Fsp3) is 0.818. The average molecular weight is 244 g/mol. The molecule has 2 aliphatic rings. The molecule has 17 heavy (non-hydrogen) atoms. The Morgan fingerprint density at radius 3 is 2.29 bits per heavy atom. The maximum Gasteiger partial charge on any atom is 0.303 e. The molecule has 0 aromatic heterocycles. The Labute approximate surface area is 99.2 Å². The van der Waals surface area contributed by atoms with Crippen LogP contribution in [0.1, 0.15) is 20.8 Å². The highest BCUT2D eigenvalue weighted by molar-refractivity contribution is 5.67. The molecule has 0 aromatic carbocycles. The molecule has 2 bridgehead atoms. The Hall–Kier alpha value is -1.14. The van der Waals surface area contributed by atoms with Crippen LogP contribution < -0.4 is 0 Å². The van der Waals surface area contributed by atoms with Crippen molar-refractivity contribution in [2.24, 2.45) is 5.92 Å². The lowest BCUT2D eigenvalue weighted by atomic mass is 9.93. The minimum atomic E-state index is -0.592. The molecule has 0 amide bonds. The number of ether oxygens (including phenoxy) is 4. The van der Waals surface area contributed by atoms with Gasteiger partial charge in [0.05, 0.1) is 6.61 Å². The molecular formula is C11H16O6. The quantitative estimate of drug-likeness (QED) is 0.648. The molecule has 5 atom stereocenters. The molecule has 2 fully saturated rings. The summed E-state index contributed by atoms with van der Waals surface area (Å²) in [6, 6.07) is 0. The first-order valence-electron chi connectivity index (χ1n) is 5.60. The fourth-order valence-corrected chi connectivity index (χ4v) is 2.25. The summed E-state index contributed by atoms with van der Waals surface area (Å²) in [4.78, 5) is 22.1. The van der Waals surface area contributed by atoms with Crippen molar-refractivity contribution in [2.75, 3.05) is 6.61 Å². The maximum absolute atomic E-state index is 11.1. The van der Waals surface area contributed by atoms with E-state index >= 15 is 0 Å². The van der Waals surface area contributed by atoms with Gasteiger partial charge in [0.1, 0.15) is 12.2 Å².